The van der Waals surface area contributed by atoms with Crippen LogP contribution in [0.1, 0.15) is 37.7 Å². The van der Waals surface area contributed by atoms with Crippen LogP contribution in [0.2, 0.25) is 10.0 Å². The van der Waals surface area contributed by atoms with Gasteiger partial charge in [-0.2, -0.15) is 5.10 Å². The maximum Gasteiger partial charge on any atom is 0.274 e. The summed E-state index contributed by atoms with van der Waals surface area (Å²) >= 11 is 12.6. The van der Waals surface area contributed by atoms with E-state index >= 15 is 0 Å². The molecule has 192 valence electrons. The number of rotatable bonds is 6. The molecule has 0 aliphatic rings. The van der Waals surface area contributed by atoms with Crippen LogP contribution in [0.3, 0.4) is 0 Å². The van der Waals surface area contributed by atoms with Gasteiger partial charge in [-0.25, -0.2) is 14.3 Å². The Bertz CT molecular complexity index is 1710. The average Bonchev–Trinajstić information content (AvgIpc) is 3.49. The van der Waals surface area contributed by atoms with Gasteiger partial charge in [0.05, 0.1) is 34.0 Å². The molecule has 5 rings (SSSR count). The van der Waals surface area contributed by atoms with E-state index in [-0.39, 0.29) is 29.5 Å². The van der Waals surface area contributed by atoms with Crippen molar-refractivity contribution in [3.05, 3.63) is 92.9 Å². The van der Waals surface area contributed by atoms with Crippen LogP contribution in [-0.2, 0) is 6.54 Å². The molecule has 0 saturated carbocycles. The summed E-state index contributed by atoms with van der Waals surface area (Å²) in [6, 6.07) is 14.0. The highest BCUT2D eigenvalue weighted by Crippen LogP contribution is 2.27. The van der Waals surface area contributed by atoms with Crippen molar-refractivity contribution in [3.8, 4) is 5.82 Å². The first-order valence-corrected chi connectivity index (χ1v) is 12.3. The Morgan fingerprint density at radius 2 is 1.84 bits per heavy atom. The molecule has 3 aromatic heterocycles. The Morgan fingerprint density at radius 3 is 2.61 bits per heavy atom. The molecule has 0 radical (unpaired) electrons. The molecule has 0 bridgehead atoms. The van der Waals surface area contributed by atoms with E-state index in [1.165, 1.54) is 17.8 Å². The van der Waals surface area contributed by atoms with Crippen molar-refractivity contribution in [3.63, 3.8) is 0 Å². The van der Waals surface area contributed by atoms with Crippen LogP contribution in [0.4, 0.5) is 5.69 Å². The summed E-state index contributed by atoms with van der Waals surface area (Å²) in [7, 11) is 1.50. The van der Waals surface area contributed by atoms with Crippen LogP contribution >= 0.6 is 23.2 Å². The Morgan fingerprint density at radius 1 is 1.03 bits per heavy atom. The summed E-state index contributed by atoms with van der Waals surface area (Å²) in [6.07, 6.45) is 1.56. The minimum absolute atomic E-state index is 0.165. The van der Waals surface area contributed by atoms with Crippen molar-refractivity contribution in [2.45, 2.75) is 20.4 Å². The summed E-state index contributed by atoms with van der Waals surface area (Å²) in [6.45, 7) is 3.99. The summed E-state index contributed by atoms with van der Waals surface area (Å²) in [5.74, 6) is -0.620. The van der Waals surface area contributed by atoms with Gasteiger partial charge >= 0.3 is 0 Å². The average molecular weight is 549 g/mol. The highest BCUT2D eigenvalue weighted by Gasteiger charge is 2.23. The lowest BCUT2D eigenvalue weighted by atomic mass is 10.1. The molecule has 0 unspecified atom stereocenters. The molecule has 0 aliphatic carbocycles. The number of carbonyl (C=O) groups is 2. The van der Waals surface area contributed by atoms with Gasteiger partial charge in [-0.05, 0) is 67.4 Å². The molecule has 5 aromatic rings. The highest BCUT2D eigenvalue weighted by molar-refractivity contribution is 6.32. The molecular weight excluding hydrogens is 527 g/mol. The number of hydrogen-bond donors (Lipinski definition) is 2. The fourth-order valence-corrected chi connectivity index (χ4v) is 4.59. The zero-order valence-corrected chi connectivity index (χ0v) is 22.2. The normalized spacial score (nSPS) is 11.1. The van der Waals surface area contributed by atoms with Gasteiger partial charge in [0.1, 0.15) is 11.2 Å². The van der Waals surface area contributed by atoms with Crippen molar-refractivity contribution in [1.82, 2.24) is 35.1 Å². The van der Waals surface area contributed by atoms with Crippen LogP contribution in [-0.4, -0.2) is 48.6 Å². The van der Waals surface area contributed by atoms with E-state index in [0.29, 0.717) is 27.0 Å². The molecule has 10 nitrogen and oxygen atoms in total. The van der Waals surface area contributed by atoms with Crippen molar-refractivity contribution >= 4 is 51.7 Å². The van der Waals surface area contributed by atoms with Crippen molar-refractivity contribution < 1.29 is 9.59 Å². The van der Waals surface area contributed by atoms with Crippen LogP contribution < -0.4 is 10.6 Å². The number of halogens is 2. The molecule has 0 atom stereocenters. The highest BCUT2D eigenvalue weighted by atomic mass is 35.5. The molecule has 2 aromatic carbocycles. The number of fused-ring (bicyclic) bond motifs is 1. The number of nitrogens with zero attached hydrogens (tertiary/aromatic N) is 6. The summed E-state index contributed by atoms with van der Waals surface area (Å²) in [5, 5.41) is 19.2. The van der Waals surface area contributed by atoms with Gasteiger partial charge < -0.3 is 10.6 Å². The number of aryl methyl sites for hydroxylation is 2. The minimum Gasteiger partial charge on any atom is -0.355 e. The lowest BCUT2D eigenvalue weighted by molar-refractivity contribution is 0.0964. The van der Waals surface area contributed by atoms with Crippen molar-refractivity contribution in [1.29, 1.82) is 0 Å². The molecular formula is C26H22Cl2N8O2. The van der Waals surface area contributed by atoms with Crippen LogP contribution in [0.5, 0.6) is 0 Å². The third kappa shape index (κ3) is 4.83. The number of benzene rings is 2. The fourth-order valence-electron chi connectivity index (χ4n) is 4.12. The predicted molar refractivity (Wildman–Crippen MR) is 145 cm³/mol. The van der Waals surface area contributed by atoms with E-state index in [1.54, 1.807) is 42.1 Å². The van der Waals surface area contributed by atoms with Crippen LogP contribution in [0.25, 0.3) is 16.9 Å². The lowest BCUT2D eigenvalue weighted by Crippen LogP contribution is -2.23. The second-order valence-corrected chi connectivity index (χ2v) is 9.50. The number of aromatic nitrogens is 6. The molecule has 38 heavy (non-hydrogen) atoms. The third-order valence-electron chi connectivity index (χ3n) is 5.92. The van der Waals surface area contributed by atoms with Gasteiger partial charge in [0.2, 0.25) is 0 Å². The summed E-state index contributed by atoms with van der Waals surface area (Å²) in [5.41, 5.74) is 4.55. The van der Waals surface area contributed by atoms with E-state index in [1.807, 2.05) is 25.1 Å². The standard InChI is InChI=1S/C26H22Cl2N8O2/c1-14-6-7-21-20(9-14)32-34-35(21)13-17-12-22(36(33-17)24-19(28)5-4-8-30-24)26(38)31-23-15(2)10-16(27)11-18(23)25(37)29-3/h4-12H,13H2,1-3H3,(H,29,37)(H,31,38). The Labute approximate surface area is 227 Å². The van der Waals surface area contributed by atoms with Gasteiger partial charge in [-0.3, -0.25) is 9.59 Å². The maximum absolute atomic E-state index is 13.6. The predicted octanol–water partition coefficient (Wildman–Crippen LogP) is 4.60. The maximum atomic E-state index is 13.6. The van der Waals surface area contributed by atoms with Gasteiger partial charge in [0.15, 0.2) is 5.82 Å². The third-order valence-corrected chi connectivity index (χ3v) is 6.44. The monoisotopic (exact) mass is 548 g/mol. The second-order valence-electron chi connectivity index (χ2n) is 8.66. The van der Waals surface area contributed by atoms with Crippen molar-refractivity contribution in [2.24, 2.45) is 0 Å². The van der Waals surface area contributed by atoms with Gasteiger partial charge in [-0.1, -0.05) is 34.5 Å². The minimum atomic E-state index is -0.514. The molecule has 0 saturated heterocycles. The summed E-state index contributed by atoms with van der Waals surface area (Å²) < 4.78 is 3.08. The SMILES string of the molecule is CNC(=O)c1cc(Cl)cc(C)c1NC(=O)c1cc(Cn2nnc3cc(C)ccc32)nn1-c1ncccc1Cl. The first-order chi connectivity index (χ1) is 18.2. The fraction of sp³-hybridized carbons (Fsp3) is 0.154. The second kappa shape index (κ2) is 10.2. The number of pyridine rings is 1. The molecule has 3 heterocycles. The molecule has 0 aliphatic heterocycles. The van der Waals surface area contributed by atoms with Crippen molar-refractivity contribution in [2.75, 3.05) is 12.4 Å². The van der Waals surface area contributed by atoms with Crippen LogP contribution in [0, 0.1) is 13.8 Å². The number of amides is 2. The smallest absolute Gasteiger partial charge is 0.274 e. The van der Waals surface area contributed by atoms with E-state index in [0.717, 1.165) is 16.6 Å². The van der Waals surface area contributed by atoms with E-state index in [9.17, 15) is 9.59 Å². The Kier molecular flexibility index (Phi) is 6.83. The van der Waals surface area contributed by atoms with Gasteiger partial charge in [-0.15, -0.1) is 5.10 Å². The van der Waals surface area contributed by atoms with Gasteiger partial charge in [0, 0.05) is 18.3 Å². The van der Waals surface area contributed by atoms with Gasteiger partial charge in [0.25, 0.3) is 11.8 Å². The first kappa shape index (κ1) is 25.4. The van der Waals surface area contributed by atoms with Crippen LogP contribution in [0.15, 0.2) is 54.7 Å². The summed E-state index contributed by atoms with van der Waals surface area (Å²) in [4.78, 5) is 30.5. The van der Waals surface area contributed by atoms with E-state index in [4.69, 9.17) is 23.2 Å². The molecule has 12 heteroatoms. The lowest BCUT2D eigenvalue weighted by Gasteiger charge is -2.14. The number of anilines is 1. The Hall–Kier alpha value is -4.28. The largest absolute Gasteiger partial charge is 0.355 e. The molecule has 2 N–H and O–H groups in total. The van der Waals surface area contributed by atoms with E-state index in [2.05, 4.69) is 31.0 Å². The van der Waals surface area contributed by atoms with E-state index < -0.39 is 5.91 Å². The molecule has 0 spiro atoms. The number of carbonyl (C=O) groups excluding carboxylic acids is 2. The molecule has 2 amide bonds. The quantitative estimate of drug-likeness (QED) is 0.320. The first-order valence-electron chi connectivity index (χ1n) is 11.6. The topological polar surface area (TPSA) is 120 Å². The number of hydrogen-bond acceptors (Lipinski definition) is 6. The number of nitrogens with one attached hydrogen (secondary N) is 2. The zero-order chi connectivity index (χ0) is 27.0. The molecule has 0 fully saturated rings. The zero-order valence-electron chi connectivity index (χ0n) is 20.7. The Balaban J connectivity index is 1.57.